The van der Waals surface area contributed by atoms with Crippen molar-refractivity contribution in [2.24, 2.45) is 0 Å². The third-order valence-corrected chi connectivity index (χ3v) is 11.4. The minimum absolute atomic E-state index is 0.237. The Morgan fingerprint density at radius 1 is 0.500 bits per heavy atom. The van der Waals surface area contributed by atoms with Crippen LogP contribution in [0.2, 0.25) is 0 Å². The molecule has 0 unspecified atom stereocenters. The van der Waals surface area contributed by atoms with Crippen molar-refractivity contribution in [2.75, 3.05) is 0 Å². The van der Waals surface area contributed by atoms with Crippen LogP contribution < -0.4 is 0 Å². The van der Waals surface area contributed by atoms with Gasteiger partial charge in [0, 0.05) is 37.9 Å². The lowest BCUT2D eigenvalue weighted by Crippen LogP contribution is -2.17. The molecule has 0 N–H and O–H groups in total. The molecule has 0 amide bonds. The number of nitrogens with zero attached hydrogens (tertiary/aromatic N) is 3. The molecule has 1 aliphatic rings. The molecule has 12 rings (SSSR count). The van der Waals surface area contributed by atoms with Gasteiger partial charge in [0.25, 0.3) is 0 Å². The summed E-state index contributed by atoms with van der Waals surface area (Å²) >= 11 is 0. The van der Waals surface area contributed by atoms with Gasteiger partial charge in [0.2, 0.25) is 0 Å². The highest BCUT2D eigenvalue weighted by Crippen LogP contribution is 2.53. The largest absolute Gasteiger partial charge is 0.456 e. The van der Waals surface area contributed by atoms with Gasteiger partial charge in [0.05, 0.1) is 27.5 Å². The molecule has 11 aromatic rings. The predicted octanol–water partition coefficient (Wildman–Crippen LogP) is 12.5. The number of furan rings is 2. The molecule has 0 spiro atoms. The summed E-state index contributed by atoms with van der Waals surface area (Å²) in [5.41, 5.74) is 13.8. The van der Waals surface area contributed by atoms with Gasteiger partial charge in [-0.2, -0.15) is 0 Å². The fraction of sp³-hybridized carbons (Fsp3) is 0.0638. The topological polar surface area (TPSA) is 57.0 Å². The van der Waals surface area contributed by atoms with E-state index in [9.17, 15) is 0 Å². The molecule has 0 saturated heterocycles. The van der Waals surface area contributed by atoms with E-state index >= 15 is 0 Å². The molecule has 0 aliphatic heterocycles. The summed E-state index contributed by atoms with van der Waals surface area (Å²) in [5, 5.41) is 6.48. The Hall–Kier alpha value is -6.72. The number of aromatic nitrogens is 3. The van der Waals surface area contributed by atoms with Gasteiger partial charge < -0.3 is 8.83 Å². The molecular formula is C47H29N3O2. The van der Waals surface area contributed by atoms with Crippen LogP contribution >= 0.6 is 0 Å². The van der Waals surface area contributed by atoms with Crippen molar-refractivity contribution in [3.05, 3.63) is 151 Å². The van der Waals surface area contributed by atoms with Crippen molar-refractivity contribution in [1.82, 2.24) is 14.5 Å². The van der Waals surface area contributed by atoms with E-state index in [2.05, 4.69) is 122 Å². The lowest BCUT2D eigenvalue weighted by Gasteiger charge is -2.24. The van der Waals surface area contributed by atoms with Gasteiger partial charge >= 0.3 is 0 Å². The lowest BCUT2D eigenvalue weighted by atomic mass is 9.81. The molecule has 0 atom stereocenters. The molecule has 0 bridgehead atoms. The van der Waals surface area contributed by atoms with Crippen LogP contribution in [0.15, 0.2) is 148 Å². The minimum Gasteiger partial charge on any atom is -0.456 e. The Bertz CT molecular complexity index is 3340. The van der Waals surface area contributed by atoms with E-state index in [4.69, 9.17) is 18.8 Å². The molecule has 1 aliphatic carbocycles. The maximum atomic E-state index is 6.99. The van der Waals surface area contributed by atoms with E-state index < -0.39 is 0 Å². The molecular weight excluding hydrogens is 639 g/mol. The number of fused-ring (bicyclic) bond motifs is 15. The van der Waals surface area contributed by atoms with Crippen molar-refractivity contribution in [1.29, 1.82) is 0 Å². The summed E-state index contributed by atoms with van der Waals surface area (Å²) in [7, 11) is 0. The van der Waals surface area contributed by atoms with Gasteiger partial charge in [-0.05, 0) is 64.7 Å². The van der Waals surface area contributed by atoms with Gasteiger partial charge in [-0.1, -0.05) is 111 Å². The number of hydrogen-bond donors (Lipinski definition) is 0. The Morgan fingerprint density at radius 3 is 2.10 bits per heavy atom. The van der Waals surface area contributed by atoms with E-state index in [-0.39, 0.29) is 5.41 Å². The highest BCUT2D eigenvalue weighted by atomic mass is 16.3. The summed E-state index contributed by atoms with van der Waals surface area (Å²) in [6, 6.07) is 48.9. The summed E-state index contributed by atoms with van der Waals surface area (Å²) in [6.07, 6.45) is 0. The molecule has 7 aromatic carbocycles. The quantitative estimate of drug-likeness (QED) is 0.184. The molecule has 5 heteroatoms. The highest BCUT2D eigenvalue weighted by Gasteiger charge is 2.39. The standard InChI is InChI=1S/C47H29N3O2/c1-47(2)34-17-6-3-12-26(34)28-22-23-29-27-13-4-9-20-37(27)50(43(29)41(28)47)46-42(48-35-18-7-8-19-36(35)49-46)33-16-11-15-30-31-24-25-39-40(45(31)52-44(30)33)32-14-5-10-21-38(32)51-39/h3-25H,1-2H3. The molecule has 4 aromatic heterocycles. The molecule has 4 heterocycles. The van der Waals surface area contributed by atoms with Gasteiger partial charge in [0.15, 0.2) is 5.82 Å². The van der Waals surface area contributed by atoms with Gasteiger partial charge in [-0.25, -0.2) is 9.97 Å². The van der Waals surface area contributed by atoms with Crippen LogP contribution in [0.4, 0.5) is 0 Å². The van der Waals surface area contributed by atoms with Crippen molar-refractivity contribution >= 4 is 76.7 Å². The van der Waals surface area contributed by atoms with Crippen LogP contribution in [0.5, 0.6) is 0 Å². The van der Waals surface area contributed by atoms with E-state index in [0.717, 1.165) is 83.0 Å². The molecule has 0 radical (unpaired) electrons. The number of rotatable bonds is 2. The average molecular weight is 668 g/mol. The third-order valence-electron chi connectivity index (χ3n) is 11.4. The monoisotopic (exact) mass is 667 g/mol. The maximum Gasteiger partial charge on any atom is 0.165 e. The Labute approximate surface area is 297 Å². The van der Waals surface area contributed by atoms with Gasteiger partial charge in [-0.3, -0.25) is 4.57 Å². The Morgan fingerprint density at radius 2 is 1.19 bits per heavy atom. The normalized spacial score (nSPS) is 13.7. The minimum atomic E-state index is -0.237. The maximum absolute atomic E-state index is 6.99. The van der Waals surface area contributed by atoms with Gasteiger partial charge in [-0.15, -0.1) is 0 Å². The zero-order valence-electron chi connectivity index (χ0n) is 28.4. The Balaban J connectivity index is 1.24. The van der Waals surface area contributed by atoms with Crippen molar-refractivity contribution in [2.45, 2.75) is 19.3 Å². The van der Waals surface area contributed by atoms with E-state index in [0.29, 0.717) is 0 Å². The van der Waals surface area contributed by atoms with Crippen LogP contribution in [0, 0.1) is 0 Å². The first kappa shape index (κ1) is 28.0. The first-order valence-corrected chi connectivity index (χ1v) is 17.8. The zero-order valence-corrected chi connectivity index (χ0v) is 28.4. The smallest absolute Gasteiger partial charge is 0.165 e. The number of benzene rings is 7. The summed E-state index contributed by atoms with van der Waals surface area (Å²) in [4.78, 5) is 10.9. The van der Waals surface area contributed by atoms with Crippen molar-refractivity contribution in [3.63, 3.8) is 0 Å². The van der Waals surface area contributed by atoms with E-state index in [1.807, 2.05) is 36.4 Å². The van der Waals surface area contributed by atoms with E-state index in [1.54, 1.807) is 0 Å². The second kappa shape index (κ2) is 9.74. The van der Waals surface area contributed by atoms with Crippen LogP contribution in [0.1, 0.15) is 25.0 Å². The first-order chi connectivity index (χ1) is 25.6. The molecule has 5 nitrogen and oxygen atoms in total. The molecule has 52 heavy (non-hydrogen) atoms. The Kier molecular flexibility index (Phi) is 5.25. The third kappa shape index (κ3) is 3.47. The second-order valence-electron chi connectivity index (χ2n) is 14.5. The fourth-order valence-corrected chi connectivity index (χ4v) is 9.11. The number of hydrogen-bond acceptors (Lipinski definition) is 4. The second-order valence-corrected chi connectivity index (χ2v) is 14.5. The van der Waals surface area contributed by atoms with Crippen LogP contribution in [-0.4, -0.2) is 14.5 Å². The summed E-state index contributed by atoms with van der Waals surface area (Å²) in [6.45, 7) is 4.70. The zero-order chi connectivity index (χ0) is 34.3. The lowest BCUT2D eigenvalue weighted by molar-refractivity contribution is 0.662. The SMILES string of the molecule is CC1(C)c2ccccc2-c2ccc3c4ccccc4n(-c4nc5ccccc5nc4-c4cccc5c4oc4c5ccc5oc6ccccc6c54)c3c21. The van der Waals surface area contributed by atoms with Crippen molar-refractivity contribution < 1.29 is 8.83 Å². The molecule has 0 saturated carbocycles. The average Bonchev–Trinajstić information content (AvgIpc) is 3.91. The molecule has 0 fully saturated rings. The van der Waals surface area contributed by atoms with Crippen molar-refractivity contribution in [3.8, 4) is 28.2 Å². The van der Waals surface area contributed by atoms with E-state index in [1.165, 1.54) is 33.0 Å². The van der Waals surface area contributed by atoms with Crippen LogP contribution in [0.3, 0.4) is 0 Å². The highest BCUT2D eigenvalue weighted by molar-refractivity contribution is 6.23. The fourth-order valence-electron chi connectivity index (χ4n) is 9.11. The molecule has 244 valence electrons. The van der Waals surface area contributed by atoms with Crippen LogP contribution in [0.25, 0.3) is 105 Å². The van der Waals surface area contributed by atoms with Crippen LogP contribution in [-0.2, 0) is 5.41 Å². The predicted molar refractivity (Wildman–Crippen MR) is 211 cm³/mol. The van der Waals surface area contributed by atoms with Gasteiger partial charge in [0.1, 0.15) is 28.0 Å². The summed E-state index contributed by atoms with van der Waals surface area (Å²) in [5.74, 6) is 0.775. The first-order valence-electron chi connectivity index (χ1n) is 17.8. The summed E-state index contributed by atoms with van der Waals surface area (Å²) < 4.78 is 15.6. The number of para-hydroxylation sites is 5.